The molecule has 0 aromatic heterocycles. The summed E-state index contributed by atoms with van der Waals surface area (Å²) in [6.07, 6.45) is 0.974. The van der Waals surface area contributed by atoms with Crippen molar-refractivity contribution in [3.8, 4) is 0 Å². The van der Waals surface area contributed by atoms with Crippen molar-refractivity contribution in [3.63, 3.8) is 0 Å². The molecule has 2 aromatic rings. The van der Waals surface area contributed by atoms with Gasteiger partial charge in [0.25, 0.3) is 0 Å². The highest BCUT2D eigenvalue weighted by Crippen LogP contribution is 2.40. The zero-order valence-electron chi connectivity index (χ0n) is 11.8. The van der Waals surface area contributed by atoms with Crippen molar-refractivity contribution in [2.45, 2.75) is 25.4 Å². The average Bonchev–Trinajstić information content (AvgIpc) is 2.53. The maximum atomic E-state index is 12.2. The fourth-order valence-electron chi connectivity index (χ4n) is 2.74. The predicted octanol–water partition coefficient (Wildman–Crippen LogP) is 3.32. The number of halogens is 1. The Kier molecular flexibility index (Phi) is 3.70. The first kappa shape index (κ1) is 14.1. The molecule has 1 amide bonds. The second kappa shape index (κ2) is 5.51. The van der Waals surface area contributed by atoms with Crippen LogP contribution < -0.4 is 10.6 Å². The monoisotopic (exact) mass is 300 g/mol. The van der Waals surface area contributed by atoms with Crippen molar-refractivity contribution < 1.29 is 4.79 Å². The number of nitrogens with two attached hydrogens (primary N) is 1. The van der Waals surface area contributed by atoms with Crippen molar-refractivity contribution in [1.82, 2.24) is 0 Å². The molecule has 3 rings (SSSR count). The Balaban J connectivity index is 1.96. The van der Waals surface area contributed by atoms with Crippen molar-refractivity contribution in [3.05, 3.63) is 64.7 Å². The largest absolute Gasteiger partial charge is 0.318 e. The van der Waals surface area contributed by atoms with E-state index in [4.69, 9.17) is 17.3 Å². The molecule has 1 aliphatic heterocycles. The molecule has 0 aliphatic carbocycles. The third kappa shape index (κ3) is 2.33. The molecule has 1 fully saturated rings. The minimum atomic E-state index is -0.532. The van der Waals surface area contributed by atoms with Crippen LogP contribution in [0.1, 0.15) is 24.1 Å². The van der Waals surface area contributed by atoms with E-state index < -0.39 is 6.04 Å². The van der Waals surface area contributed by atoms with Gasteiger partial charge in [-0.05, 0) is 35.7 Å². The molecule has 0 saturated carbocycles. The number of aryl methyl sites for hydroxylation is 1. The van der Waals surface area contributed by atoms with Gasteiger partial charge >= 0.3 is 0 Å². The maximum Gasteiger partial charge on any atom is 0.247 e. The van der Waals surface area contributed by atoms with Gasteiger partial charge in [-0.25, -0.2) is 0 Å². The summed E-state index contributed by atoms with van der Waals surface area (Å²) in [7, 11) is 0. The van der Waals surface area contributed by atoms with Gasteiger partial charge in [-0.3, -0.25) is 4.79 Å². The standard InChI is InChI=1S/C17H17ClN2O/c1-2-11-7-9-12(10-8-11)20-16(15(19)17(20)21)13-5-3-4-6-14(13)18/h3-10,15-16H,2,19H2,1H3/t15-,16-/m1/s1. The van der Waals surface area contributed by atoms with E-state index in [2.05, 4.69) is 6.92 Å². The minimum absolute atomic E-state index is 0.0656. The molecule has 21 heavy (non-hydrogen) atoms. The van der Waals surface area contributed by atoms with Crippen molar-refractivity contribution in [2.75, 3.05) is 4.90 Å². The summed E-state index contributed by atoms with van der Waals surface area (Å²) in [6, 6.07) is 14.8. The molecular formula is C17H17ClN2O. The van der Waals surface area contributed by atoms with Gasteiger partial charge < -0.3 is 10.6 Å². The van der Waals surface area contributed by atoms with Crippen LogP contribution in [0.2, 0.25) is 5.02 Å². The third-order valence-electron chi connectivity index (χ3n) is 3.99. The quantitative estimate of drug-likeness (QED) is 0.884. The maximum absolute atomic E-state index is 12.2. The van der Waals surface area contributed by atoms with Gasteiger partial charge in [0.1, 0.15) is 6.04 Å². The van der Waals surface area contributed by atoms with Gasteiger partial charge in [0.15, 0.2) is 0 Å². The van der Waals surface area contributed by atoms with Crippen LogP contribution in [0.3, 0.4) is 0 Å². The lowest BCUT2D eigenvalue weighted by Gasteiger charge is -2.46. The third-order valence-corrected chi connectivity index (χ3v) is 4.33. The van der Waals surface area contributed by atoms with Crippen LogP contribution in [0.5, 0.6) is 0 Å². The Morgan fingerprint density at radius 3 is 2.43 bits per heavy atom. The number of hydrogen-bond acceptors (Lipinski definition) is 2. The van der Waals surface area contributed by atoms with Crippen molar-refractivity contribution >= 4 is 23.2 Å². The number of hydrogen-bond donors (Lipinski definition) is 1. The Morgan fingerprint density at radius 2 is 1.81 bits per heavy atom. The van der Waals surface area contributed by atoms with Gasteiger partial charge in [0.2, 0.25) is 5.91 Å². The molecule has 2 atom stereocenters. The van der Waals surface area contributed by atoms with E-state index >= 15 is 0 Å². The van der Waals surface area contributed by atoms with Crippen LogP contribution >= 0.6 is 11.6 Å². The van der Waals surface area contributed by atoms with Crippen LogP contribution in [0.25, 0.3) is 0 Å². The van der Waals surface area contributed by atoms with E-state index in [9.17, 15) is 4.79 Å². The van der Waals surface area contributed by atoms with Crippen LogP contribution in [0, 0.1) is 0 Å². The van der Waals surface area contributed by atoms with E-state index in [0.29, 0.717) is 5.02 Å². The molecule has 0 unspecified atom stereocenters. The summed E-state index contributed by atoms with van der Waals surface area (Å²) >= 11 is 6.25. The number of amides is 1. The van der Waals surface area contributed by atoms with Crippen LogP contribution in [0.4, 0.5) is 5.69 Å². The predicted molar refractivity (Wildman–Crippen MR) is 85.5 cm³/mol. The van der Waals surface area contributed by atoms with Crippen LogP contribution in [-0.2, 0) is 11.2 Å². The topological polar surface area (TPSA) is 46.3 Å². The summed E-state index contributed by atoms with van der Waals surface area (Å²) in [4.78, 5) is 13.9. The van der Waals surface area contributed by atoms with Crippen molar-refractivity contribution in [1.29, 1.82) is 0 Å². The van der Waals surface area contributed by atoms with Crippen LogP contribution in [-0.4, -0.2) is 11.9 Å². The zero-order chi connectivity index (χ0) is 15.0. The Hall–Kier alpha value is -1.84. The van der Waals surface area contributed by atoms with Gasteiger partial charge in [-0.15, -0.1) is 0 Å². The summed E-state index contributed by atoms with van der Waals surface area (Å²) in [5.74, 6) is -0.0656. The second-order valence-electron chi connectivity index (χ2n) is 5.22. The summed E-state index contributed by atoms with van der Waals surface area (Å²) in [5.41, 5.74) is 9.00. The van der Waals surface area contributed by atoms with E-state index in [1.165, 1.54) is 5.56 Å². The molecule has 3 nitrogen and oxygen atoms in total. The fraction of sp³-hybridized carbons (Fsp3) is 0.235. The molecule has 0 radical (unpaired) electrons. The highest BCUT2D eigenvalue weighted by atomic mass is 35.5. The molecule has 2 aromatic carbocycles. The molecule has 2 N–H and O–H groups in total. The van der Waals surface area contributed by atoms with Gasteiger partial charge in [-0.1, -0.05) is 48.9 Å². The van der Waals surface area contributed by atoms with E-state index in [1.807, 2.05) is 48.5 Å². The summed E-state index contributed by atoms with van der Waals surface area (Å²) in [5, 5.41) is 0.639. The molecule has 1 saturated heterocycles. The van der Waals surface area contributed by atoms with Crippen molar-refractivity contribution in [2.24, 2.45) is 5.73 Å². The number of carbonyl (C=O) groups is 1. The second-order valence-corrected chi connectivity index (χ2v) is 5.63. The average molecular weight is 301 g/mol. The highest BCUT2D eigenvalue weighted by molar-refractivity contribution is 6.31. The number of nitrogens with zero attached hydrogens (tertiary/aromatic N) is 1. The molecule has 1 heterocycles. The molecule has 4 heteroatoms. The Morgan fingerprint density at radius 1 is 1.14 bits per heavy atom. The van der Waals surface area contributed by atoms with Crippen LogP contribution in [0.15, 0.2) is 48.5 Å². The molecule has 1 aliphatic rings. The van der Waals surface area contributed by atoms with E-state index in [-0.39, 0.29) is 11.9 Å². The van der Waals surface area contributed by atoms with E-state index in [1.54, 1.807) is 4.90 Å². The zero-order valence-corrected chi connectivity index (χ0v) is 12.5. The normalized spacial score (nSPS) is 21.3. The minimum Gasteiger partial charge on any atom is -0.318 e. The Labute approximate surface area is 129 Å². The number of anilines is 1. The highest BCUT2D eigenvalue weighted by Gasteiger charge is 2.47. The SMILES string of the molecule is CCc1ccc(N2C(=O)[C@H](N)[C@H]2c2ccccc2Cl)cc1. The first-order chi connectivity index (χ1) is 10.1. The van der Waals surface area contributed by atoms with E-state index in [0.717, 1.165) is 17.7 Å². The van der Waals surface area contributed by atoms with Gasteiger partial charge in [0, 0.05) is 10.7 Å². The first-order valence-electron chi connectivity index (χ1n) is 7.05. The lowest BCUT2D eigenvalue weighted by molar-refractivity contribution is -0.126. The van der Waals surface area contributed by atoms with Gasteiger partial charge in [-0.2, -0.15) is 0 Å². The summed E-state index contributed by atoms with van der Waals surface area (Å²) in [6.45, 7) is 2.10. The lowest BCUT2D eigenvalue weighted by Crippen LogP contribution is -2.63. The molecular weight excluding hydrogens is 284 g/mol. The summed E-state index contributed by atoms with van der Waals surface area (Å²) < 4.78 is 0. The fourth-order valence-corrected chi connectivity index (χ4v) is 2.99. The number of benzene rings is 2. The molecule has 0 bridgehead atoms. The molecule has 108 valence electrons. The number of carbonyl (C=O) groups excluding carboxylic acids is 1. The smallest absolute Gasteiger partial charge is 0.247 e. The van der Waals surface area contributed by atoms with Gasteiger partial charge in [0.05, 0.1) is 6.04 Å². The lowest BCUT2D eigenvalue weighted by atomic mass is 9.88. The Bertz CT molecular complexity index is 669. The number of β-lactam (4-membered cyclic amide) rings is 1. The molecule has 0 spiro atoms. The first-order valence-corrected chi connectivity index (χ1v) is 7.43. The number of rotatable bonds is 3.